The molecule has 6 aromatic heterocycles. The number of benzene rings is 1. The van der Waals surface area contributed by atoms with Crippen LogP contribution >= 0.6 is 0 Å². The second-order valence-corrected chi connectivity index (χ2v) is 9.43. The van der Waals surface area contributed by atoms with E-state index >= 15 is 0 Å². The summed E-state index contributed by atoms with van der Waals surface area (Å²) in [6, 6.07) is 0. The maximum atomic E-state index is 4.44. The molecule has 210 valence electrons. The molecule has 42 heavy (non-hydrogen) atoms. The molecule has 7 rings (SSSR count). The Hall–Kier alpha value is -5.94. The Balaban J connectivity index is 1.53. The average molecular weight is 565 g/mol. The molecular weight excluding hydrogens is 540 g/mol. The van der Waals surface area contributed by atoms with E-state index in [-0.39, 0.29) is 0 Å². The van der Waals surface area contributed by atoms with Crippen LogP contribution in [-0.2, 0) is 39.3 Å². The first kappa shape index (κ1) is 25.1. The highest BCUT2D eigenvalue weighted by molar-refractivity contribution is 5.53. The number of aromatic nitrogens is 18. The van der Waals surface area contributed by atoms with Gasteiger partial charge in [0.15, 0.2) is 0 Å². The van der Waals surface area contributed by atoms with Crippen LogP contribution < -0.4 is 0 Å². The average Bonchev–Trinajstić information content (AvgIpc) is 3.85. The molecule has 0 aliphatic rings. The van der Waals surface area contributed by atoms with E-state index in [9.17, 15) is 0 Å². The summed E-state index contributed by atoms with van der Waals surface area (Å²) in [6.45, 7) is 2.70. The summed E-state index contributed by atoms with van der Waals surface area (Å²) in [7, 11) is 0. The summed E-state index contributed by atoms with van der Waals surface area (Å²) in [4.78, 5) is 25.2. The first-order chi connectivity index (χ1) is 20.8. The molecule has 0 saturated carbocycles. The Morgan fingerprint density at radius 2 is 0.452 bits per heavy atom. The van der Waals surface area contributed by atoms with Gasteiger partial charge in [-0.3, -0.25) is 0 Å². The van der Waals surface area contributed by atoms with Gasteiger partial charge in [-0.2, -0.15) is 30.6 Å². The van der Waals surface area contributed by atoms with Gasteiger partial charge >= 0.3 is 0 Å². The molecule has 6 heterocycles. The second-order valence-electron chi connectivity index (χ2n) is 9.43. The summed E-state index contributed by atoms with van der Waals surface area (Å²) in [5, 5.41) is 26.6. The molecule has 18 heteroatoms. The third-order valence-electron chi connectivity index (χ3n) is 6.91. The predicted octanol–water partition coefficient (Wildman–Crippen LogP) is -0.475. The van der Waals surface area contributed by atoms with Crippen molar-refractivity contribution in [3.05, 3.63) is 109 Å². The maximum Gasteiger partial charge on any atom is 0.137 e. The lowest BCUT2D eigenvalue weighted by atomic mass is 9.85. The highest BCUT2D eigenvalue weighted by atomic mass is 15.3. The van der Waals surface area contributed by atoms with Gasteiger partial charge in [0.05, 0.1) is 39.3 Å². The third kappa shape index (κ3) is 5.27. The molecule has 0 bridgehead atoms. The minimum absolute atomic E-state index is 0.451. The summed E-state index contributed by atoms with van der Waals surface area (Å²) in [6.07, 6.45) is 19.4. The lowest BCUT2D eigenvalue weighted by molar-refractivity contribution is 0.585. The summed E-state index contributed by atoms with van der Waals surface area (Å²) < 4.78 is 10.8. The van der Waals surface area contributed by atoms with Crippen LogP contribution in [0.1, 0.15) is 33.4 Å². The van der Waals surface area contributed by atoms with E-state index in [1.165, 1.54) is 38.0 Å². The van der Waals surface area contributed by atoms with Crippen LogP contribution in [0.3, 0.4) is 0 Å². The quantitative estimate of drug-likeness (QED) is 0.186. The number of rotatable bonds is 12. The zero-order chi connectivity index (χ0) is 28.1. The van der Waals surface area contributed by atoms with Crippen LogP contribution in [0.25, 0.3) is 0 Å². The van der Waals surface area contributed by atoms with Crippen molar-refractivity contribution in [3.8, 4) is 0 Å². The van der Waals surface area contributed by atoms with E-state index in [0.29, 0.717) is 39.3 Å². The van der Waals surface area contributed by atoms with Crippen molar-refractivity contribution in [1.82, 2.24) is 88.6 Å². The van der Waals surface area contributed by atoms with Crippen molar-refractivity contribution in [3.63, 3.8) is 0 Å². The van der Waals surface area contributed by atoms with Gasteiger partial charge in [0.1, 0.15) is 75.9 Å². The van der Waals surface area contributed by atoms with Crippen molar-refractivity contribution >= 4 is 0 Å². The lowest BCUT2D eigenvalue weighted by Gasteiger charge is -2.27. The smallest absolute Gasteiger partial charge is 0.137 e. The highest BCUT2D eigenvalue weighted by Gasteiger charge is 2.26. The Labute approximate surface area is 237 Å². The van der Waals surface area contributed by atoms with E-state index in [1.807, 2.05) is 0 Å². The largest absolute Gasteiger partial charge is 0.249 e. The molecule has 18 nitrogen and oxygen atoms in total. The van der Waals surface area contributed by atoms with Crippen LogP contribution in [-0.4, -0.2) is 88.6 Å². The van der Waals surface area contributed by atoms with Gasteiger partial charge in [0, 0.05) is 0 Å². The van der Waals surface area contributed by atoms with Crippen molar-refractivity contribution in [2.24, 2.45) is 0 Å². The van der Waals surface area contributed by atoms with Crippen molar-refractivity contribution in [2.75, 3.05) is 0 Å². The van der Waals surface area contributed by atoms with Gasteiger partial charge in [0.25, 0.3) is 0 Å². The fourth-order valence-electron chi connectivity index (χ4n) is 5.10. The van der Waals surface area contributed by atoms with E-state index in [2.05, 4.69) is 60.5 Å². The first-order valence-corrected chi connectivity index (χ1v) is 12.9. The number of hydrogen-bond acceptors (Lipinski definition) is 12. The summed E-state index contributed by atoms with van der Waals surface area (Å²) in [5.74, 6) is 0. The van der Waals surface area contributed by atoms with Crippen LogP contribution in [0.5, 0.6) is 0 Å². The van der Waals surface area contributed by atoms with Gasteiger partial charge in [-0.25, -0.2) is 58.0 Å². The lowest BCUT2D eigenvalue weighted by Crippen LogP contribution is -2.23. The monoisotopic (exact) mass is 564 g/mol. The summed E-state index contributed by atoms with van der Waals surface area (Å²) >= 11 is 0. The van der Waals surface area contributed by atoms with Crippen molar-refractivity contribution < 1.29 is 0 Å². The molecule has 0 fully saturated rings. The molecule has 0 saturated heterocycles. The van der Waals surface area contributed by atoms with Gasteiger partial charge in [-0.05, 0) is 33.4 Å². The SMILES string of the molecule is c1ncn(Cc2c(Cn3cncn3)c(Cn3cncn3)c(Cn3cncn3)c(Cn3cncn3)c2Cn2cncn2)n1. The predicted molar refractivity (Wildman–Crippen MR) is 141 cm³/mol. The Kier molecular flexibility index (Phi) is 6.73. The van der Waals surface area contributed by atoms with Gasteiger partial charge in [0.2, 0.25) is 0 Å². The second kappa shape index (κ2) is 11.3. The topological polar surface area (TPSA) is 184 Å². The van der Waals surface area contributed by atoms with E-state index in [0.717, 1.165) is 33.4 Å². The highest BCUT2D eigenvalue weighted by Crippen LogP contribution is 2.33. The van der Waals surface area contributed by atoms with Crippen molar-refractivity contribution in [1.29, 1.82) is 0 Å². The van der Waals surface area contributed by atoms with Crippen molar-refractivity contribution in [2.45, 2.75) is 39.3 Å². The normalized spacial score (nSPS) is 11.4. The van der Waals surface area contributed by atoms with Gasteiger partial charge in [-0.1, -0.05) is 0 Å². The van der Waals surface area contributed by atoms with Gasteiger partial charge < -0.3 is 0 Å². The molecule has 7 aromatic rings. The zero-order valence-corrected chi connectivity index (χ0v) is 22.2. The third-order valence-corrected chi connectivity index (χ3v) is 6.91. The number of nitrogens with zero attached hydrogens (tertiary/aromatic N) is 18. The van der Waals surface area contributed by atoms with E-state index in [1.54, 1.807) is 66.1 Å². The van der Waals surface area contributed by atoms with E-state index < -0.39 is 0 Å². The zero-order valence-electron chi connectivity index (χ0n) is 22.2. The minimum Gasteiger partial charge on any atom is -0.249 e. The molecule has 0 atom stereocenters. The Morgan fingerprint density at radius 3 is 0.571 bits per heavy atom. The first-order valence-electron chi connectivity index (χ1n) is 12.9. The molecule has 0 aliphatic carbocycles. The van der Waals surface area contributed by atoms with Gasteiger partial charge in [-0.15, -0.1) is 0 Å². The van der Waals surface area contributed by atoms with Crippen LogP contribution in [0.15, 0.2) is 75.9 Å². The molecular formula is C24H24N18. The minimum atomic E-state index is 0.451. The standard InChI is InChI=1S/C24H24N18/c1(37-13-25-7-31-37)19-20(2-38-14-26-8-32-38)22(4-40-16-28-10-34-40)24(6-42-18-30-12-36-42)23(5-41-17-29-11-35-41)21(19)3-39-15-27-9-33-39/h7-18H,1-6H2. The maximum absolute atomic E-state index is 4.44. The summed E-state index contributed by atoms with van der Waals surface area (Å²) in [5.41, 5.74) is 6.24. The van der Waals surface area contributed by atoms with Crippen LogP contribution in [0.2, 0.25) is 0 Å². The van der Waals surface area contributed by atoms with E-state index in [4.69, 9.17) is 0 Å². The molecule has 0 radical (unpaired) electrons. The Morgan fingerprint density at radius 1 is 0.286 bits per heavy atom. The molecule has 0 unspecified atom stereocenters. The number of hydrogen-bond donors (Lipinski definition) is 0. The molecule has 1 aromatic carbocycles. The van der Waals surface area contributed by atoms with Crippen LogP contribution in [0, 0.1) is 0 Å². The fraction of sp³-hybridized carbons (Fsp3) is 0.250. The van der Waals surface area contributed by atoms with Crippen LogP contribution in [0.4, 0.5) is 0 Å². The fourth-order valence-corrected chi connectivity index (χ4v) is 5.10. The molecule has 0 aliphatic heterocycles. The molecule has 0 amide bonds. The molecule has 0 N–H and O–H groups in total. The Bertz CT molecular complexity index is 1430. The molecule has 0 spiro atoms.